The third-order valence-electron chi connectivity index (χ3n) is 4.16. The second-order valence-corrected chi connectivity index (χ2v) is 8.43. The van der Waals surface area contributed by atoms with Gasteiger partial charge >= 0.3 is 0 Å². The Bertz CT molecular complexity index is 834. The van der Waals surface area contributed by atoms with Crippen molar-refractivity contribution in [3.63, 3.8) is 0 Å². The molecule has 2 amide bonds. The number of primary amides is 1. The Morgan fingerprint density at radius 3 is 2.88 bits per heavy atom. The molecule has 1 aromatic carbocycles. The van der Waals surface area contributed by atoms with E-state index in [0.29, 0.717) is 27.1 Å². The number of rotatable bonds is 3. The number of anilines is 1. The summed E-state index contributed by atoms with van der Waals surface area (Å²) < 4.78 is 0.756. The lowest BCUT2D eigenvalue weighted by Gasteiger charge is -2.18. The molecule has 0 spiro atoms. The van der Waals surface area contributed by atoms with Crippen molar-refractivity contribution in [1.82, 2.24) is 0 Å². The van der Waals surface area contributed by atoms with E-state index in [9.17, 15) is 9.59 Å². The Morgan fingerprint density at radius 2 is 2.17 bits per heavy atom. The molecule has 0 aliphatic heterocycles. The molecular formula is C17H16BrClN2O2S. The molecule has 3 rings (SSSR count). The summed E-state index contributed by atoms with van der Waals surface area (Å²) in [4.78, 5) is 25.6. The molecule has 0 saturated carbocycles. The molecule has 1 aliphatic rings. The molecule has 1 unspecified atom stereocenters. The Morgan fingerprint density at radius 1 is 1.42 bits per heavy atom. The quantitative estimate of drug-likeness (QED) is 0.749. The van der Waals surface area contributed by atoms with E-state index in [2.05, 4.69) is 28.2 Å². The third kappa shape index (κ3) is 3.36. The number of thiophene rings is 1. The van der Waals surface area contributed by atoms with Gasteiger partial charge in [-0.1, -0.05) is 34.5 Å². The minimum Gasteiger partial charge on any atom is -0.365 e. The number of carbonyl (C=O) groups excluding carboxylic acids is 2. The molecule has 0 bridgehead atoms. The van der Waals surface area contributed by atoms with E-state index < -0.39 is 5.91 Å². The zero-order valence-electron chi connectivity index (χ0n) is 13.0. The van der Waals surface area contributed by atoms with Crippen LogP contribution in [0, 0.1) is 5.92 Å². The largest absolute Gasteiger partial charge is 0.365 e. The lowest BCUT2D eigenvalue weighted by Crippen LogP contribution is -2.19. The maximum absolute atomic E-state index is 12.6. The van der Waals surface area contributed by atoms with Crippen LogP contribution in [0.2, 0.25) is 5.02 Å². The molecule has 1 aliphatic carbocycles. The normalized spacial score (nSPS) is 16.5. The molecule has 1 heterocycles. The van der Waals surface area contributed by atoms with Gasteiger partial charge in [0.05, 0.1) is 16.1 Å². The first-order chi connectivity index (χ1) is 11.4. The minimum absolute atomic E-state index is 0.348. The summed E-state index contributed by atoms with van der Waals surface area (Å²) in [5.74, 6) is -0.284. The van der Waals surface area contributed by atoms with Crippen LogP contribution >= 0.6 is 38.9 Å². The molecule has 24 heavy (non-hydrogen) atoms. The number of hydrogen-bond donors (Lipinski definition) is 2. The summed E-state index contributed by atoms with van der Waals surface area (Å²) in [6, 6.07) is 5.06. The molecule has 126 valence electrons. The van der Waals surface area contributed by atoms with Crippen molar-refractivity contribution in [3.05, 3.63) is 49.3 Å². The smallest absolute Gasteiger partial charge is 0.257 e. The fourth-order valence-electron chi connectivity index (χ4n) is 2.94. The standard InChI is InChI=1S/C17H16BrClN2O2S/c1-8-2-4-10-13(6-8)24-17(14(10)15(20)22)21-16(23)11-7-9(18)3-5-12(11)19/h3,5,7-8H,2,4,6H2,1H3,(H2,20,22)(H,21,23). The fraction of sp³-hybridized carbons (Fsp3) is 0.294. The van der Waals surface area contributed by atoms with Gasteiger partial charge in [0.15, 0.2) is 0 Å². The fourth-order valence-corrected chi connectivity index (χ4v) is 4.92. The van der Waals surface area contributed by atoms with Crippen LogP contribution in [0.3, 0.4) is 0 Å². The Balaban J connectivity index is 1.96. The van der Waals surface area contributed by atoms with Gasteiger partial charge in [-0.05, 0) is 48.9 Å². The van der Waals surface area contributed by atoms with Crippen LogP contribution in [0.1, 0.15) is 44.5 Å². The van der Waals surface area contributed by atoms with Gasteiger partial charge in [0.25, 0.3) is 11.8 Å². The molecule has 3 N–H and O–H groups in total. The Labute approximate surface area is 157 Å². The molecular weight excluding hydrogens is 412 g/mol. The number of benzene rings is 1. The summed E-state index contributed by atoms with van der Waals surface area (Å²) in [6.07, 6.45) is 2.75. The van der Waals surface area contributed by atoms with E-state index in [1.807, 2.05) is 0 Å². The van der Waals surface area contributed by atoms with Crippen LogP contribution in [0.5, 0.6) is 0 Å². The number of amides is 2. The monoisotopic (exact) mass is 426 g/mol. The number of fused-ring (bicyclic) bond motifs is 1. The lowest BCUT2D eigenvalue weighted by atomic mass is 9.88. The summed E-state index contributed by atoms with van der Waals surface area (Å²) in [6.45, 7) is 2.19. The predicted molar refractivity (Wildman–Crippen MR) is 101 cm³/mol. The molecule has 0 fully saturated rings. The Hall–Kier alpha value is -1.37. The molecule has 2 aromatic rings. The predicted octanol–water partition coefficient (Wildman–Crippen LogP) is 4.64. The van der Waals surface area contributed by atoms with Gasteiger partial charge in [0, 0.05) is 9.35 Å². The molecule has 1 atom stereocenters. The number of nitrogens with two attached hydrogens (primary N) is 1. The number of nitrogens with one attached hydrogen (secondary N) is 1. The van der Waals surface area contributed by atoms with Crippen molar-refractivity contribution in [2.45, 2.75) is 26.2 Å². The second-order valence-electron chi connectivity index (χ2n) is 6.00. The second kappa shape index (κ2) is 6.86. The van der Waals surface area contributed by atoms with Gasteiger partial charge in [-0.15, -0.1) is 11.3 Å². The van der Waals surface area contributed by atoms with E-state index in [1.165, 1.54) is 11.3 Å². The van der Waals surface area contributed by atoms with Crippen LogP contribution in [0.4, 0.5) is 5.00 Å². The van der Waals surface area contributed by atoms with E-state index >= 15 is 0 Å². The van der Waals surface area contributed by atoms with Gasteiger partial charge in [-0.25, -0.2) is 0 Å². The van der Waals surface area contributed by atoms with Crippen molar-refractivity contribution in [2.24, 2.45) is 11.7 Å². The van der Waals surface area contributed by atoms with E-state index in [4.69, 9.17) is 17.3 Å². The summed E-state index contributed by atoms with van der Waals surface area (Å²) >= 11 is 10.9. The average Bonchev–Trinajstić information content (AvgIpc) is 2.86. The van der Waals surface area contributed by atoms with Gasteiger partial charge in [-0.2, -0.15) is 0 Å². The van der Waals surface area contributed by atoms with Crippen molar-refractivity contribution < 1.29 is 9.59 Å². The van der Waals surface area contributed by atoms with Crippen LogP contribution in [0.15, 0.2) is 22.7 Å². The van der Waals surface area contributed by atoms with Crippen LogP contribution in [-0.4, -0.2) is 11.8 Å². The first kappa shape index (κ1) is 17.5. The highest BCUT2D eigenvalue weighted by atomic mass is 79.9. The maximum Gasteiger partial charge on any atom is 0.257 e. The zero-order valence-corrected chi connectivity index (χ0v) is 16.1. The van der Waals surface area contributed by atoms with Crippen molar-refractivity contribution in [3.8, 4) is 0 Å². The maximum atomic E-state index is 12.6. The van der Waals surface area contributed by atoms with Gasteiger partial charge in [0.2, 0.25) is 0 Å². The molecule has 0 saturated heterocycles. The topological polar surface area (TPSA) is 72.2 Å². The van der Waals surface area contributed by atoms with E-state index in [0.717, 1.165) is 34.2 Å². The average molecular weight is 428 g/mol. The summed E-state index contributed by atoms with van der Waals surface area (Å²) in [5, 5.41) is 3.69. The zero-order chi connectivity index (χ0) is 17.4. The number of halogens is 2. The van der Waals surface area contributed by atoms with Gasteiger partial charge in [0.1, 0.15) is 5.00 Å². The van der Waals surface area contributed by atoms with E-state index in [1.54, 1.807) is 18.2 Å². The number of hydrogen-bond acceptors (Lipinski definition) is 3. The summed E-state index contributed by atoms with van der Waals surface area (Å²) in [5.41, 5.74) is 7.35. The minimum atomic E-state index is -0.502. The SMILES string of the molecule is CC1CCc2c(sc(NC(=O)c3cc(Br)ccc3Cl)c2C(N)=O)C1. The first-order valence-electron chi connectivity index (χ1n) is 7.57. The highest BCUT2D eigenvalue weighted by Gasteiger charge is 2.27. The van der Waals surface area contributed by atoms with E-state index in [-0.39, 0.29) is 5.91 Å². The number of carbonyl (C=O) groups is 2. The summed E-state index contributed by atoms with van der Waals surface area (Å²) in [7, 11) is 0. The lowest BCUT2D eigenvalue weighted by molar-refractivity contribution is 0.1000. The molecule has 1 aromatic heterocycles. The van der Waals surface area contributed by atoms with Gasteiger partial charge in [-0.3, -0.25) is 9.59 Å². The molecule has 0 radical (unpaired) electrons. The van der Waals surface area contributed by atoms with Gasteiger partial charge < -0.3 is 11.1 Å². The van der Waals surface area contributed by atoms with Crippen molar-refractivity contribution in [1.29, 1.82) is 0 Å². The van der Waals surface area contributed by atoms with Crippen molar-refractivity contribution >= 4 is 55.7 Å². The molecule has 4 nitrogen and oxygen atoms in total. The highest BCUT2D eigenvalue weighted by molar-refractivity contribution is 9.10. The molecule has 7 heteroatoms. The third-order valence-corrected chi connectivity index (χ3v) is 6.15. The van der Waals surface area contributed by atoms with Crippen LogP contribution in [-0.2, 0) is 12.8 Å². The highest BCUT2D eigenvalue weighted by Crippen LogP contribution is 2.39. The Kier molecular flexibility index (Phi) is 4.99. The first-order valence-corrected chi connectivity index (χ1v) is 9.56. The van der Waals surface area contributed by atoms with Crippen LogP contribution in [0.25, 0.3) is 0 Å². The van der Waals surface area contributed by atoms with Crippen LogP contribution < -0.4 is 11.1 Å². The van der Waals surface area contributed by atoms with Crippen molar-refractivity contribution in [2.75, 3.05) is 5.32 Å².